The maximum absolute atomic E-state index is 5.32. The molecule has 0 aliphatic rings. The minimum Gasteiger partial charge on any atom is -0.494 e. The topological polar surface area (TPSA) is 51.2 Å². The number of rotatable bonds is 4. The minimum atomic E-state index is 0.266. The second-order valence-corrected chi connectivity index (χ2v) is 5.78. The summed E-state index contributed by atoms with van der Waals surface area (Å²) in [5, 5.41) is 8.86. The maximum Gasteiger partial charge on any atom is 0.183 e. The van der Waals surface area contributed by atoms with Gasteiger partial charge in [0.15, 0.2) is 5.82 Å². The summed E-state index contributed by atoms with van der Waals surface area (Å²) in [6.07, 6.45) is 2.03. The molecule has 0 amide bonds. The van der Waals surface area contributed by atoms with Crippen molar-refractivity contribution in [1.29, 1.82) is 0 Å². The largest absolute Gasteiger partial charge is 0.494 e. The van der Waals surface area contributed by atoms with Crippen LogP contribution >= 0.6 is 0 Å². The van der Waals surface area contributed by atoms with Crippen LogP contribution in [0.4, 0.5) is 11.5 Å². The summed E-state index contributed by atoms with van der Waals surface area (Å²) >= 11 is 0. The highest BCUT2D eigenvalue weighted by atomic mass is 16.5. The number of benzene rings is 1. The Morgan fingerprint density at radius 2 is 1.87 bits per heavy atom. The molecular formula is C18H20N4O. The molecule has 0 radical (unpaired) electrons. The van der Waals surface area contributed by atoms with E-state index in [0.29, 0.717) is 11.4 Å². The van der Waals surface area contributed by atoms with Crippen molar-refractivity contribution in [3.63, 3.8) is 0 Å². The van der Waals surface area contributed by atoms with Crippen molar-refractivity contribution in [2.45, 2.75) is 26.7 Å². The first-order chi connectivity index (χ1) is 11.1. The zero-order valence-electron chi connectivity index (χ0n) is 13.8. The van der Waals surface area contributed by atoms with Gasteiger partial charge in [0.25, 0.3) is 0 Å². The summed E-state index contributed by atoms with van der Waals surface area (Å²) in [5.41, 5.74) is 3.67. The molecule has 3 rings (SSSR count). The van der Waals surface area contributed by atoms with E-state index in [2.05, 4.69) is 36.0 Å². The van der Waals surface area contributed by atoms with Gasteiger partial charge in [-0.2, -0.15) is 0 Å². The van der Waals surface area contributed by atoms with Gasteiger partial charge < -0.3 is 4.74 Å². The van der Waals surface area contributed by atoms with E-state index < -0.39 is 0 Å². The Kier molecular flexibility index (Phi) is 4.10. The van der Waals surface area contributed by atoms with E-state index in [4.69, 9.17) is 4.74 Å². The van der Waals surface area contributed by atoms with E-state index in [0.717, 1.165) is 22.7 Å². The number of aromatic nitrogens is 2. The number of nitrogens with zero attached hydrogens (tertiary/aromatic N) is 4. The molecule has 3 aromatic rings. The van der Waals surface area contributed by atoms with Gasteiger partial charge >= 0.3 is 0 Å². The second kappa shape index (κ2) is 6.20. The number of pyridine rings is 1. The average Bonchev–Trinajstić information content (AvgIpc) is 2.91. The lowest BCUT2D eigenvalue weighted by Gasteiger charge is -2.04. The molecule has 0 unspecified atom stereocenters. The standard InChI is InChI=1S/C18H20N4O/c1-12(2)17-18(22-11-13(3)9-10-16(22)19-17)21-20-14-7-5-6-8-15(14)23-4/h5-12H,1-4H3. The minimum absolute atomic E-state index is 0.266. The SMILES string of the molecule is COc1ccccc1N=Nc1c(C(C)C)nc2ccc(C)cn12. The van der Waals surface area contributed by atoms with Crippen LogP contribution in [0.1, 0.15) is 31.0 Å². The fraction of sp³-hybridized carbons (Fsp3) is 0.278. The third-order valence-electron chi connectivity index (χ3n) is 3.65. The van der Waals surface area contributed by atoms with Crippen molar-refractivity contribution >= 4 is 17.2 Å². The van der Waals surface area contributed by atoms with Crippen LogP contribution in [0.25, 0.3) is 5.65 Å². The molecule has 118 valence electrons. The summed E-state index contributed by atoms with van der Waals surface area (Å²) in [4.78, 5) is 4.69. The number of ether oxygens (including phenoxy) is 1. The Hall–Kier alpha value is -2.69. The van der Waals surface area contributed by atoms with Crippen LogP contribution < -0.4 is 4.74 Å². The summed E-state index contributed by atoms with van der Waals surface area (Å²) in [6.45, 7) is 6.27. The Labute approximate surface area is 135 Å². The summed E-state index contributed by atoms with van der Waals surface area (Å²) in [5.74, 6) is 1.73. The highest BCUT2D eigenvalue weighted by Crippen LogP contribution is 2.32. The van der Waals surface area contributed by atoms with Crippen LogP contribution in [-0.4, -0.2) is 16.5 Å². The number of aryl methyl sites for hydroxylation is 1. The quantitative estimate of drug-likeness (QED) is 0.623. The van der Waals surface area contributed by atoms with Gasteiger partial charge in [0.2, 0.25) is 0 Å². The van der Waals surface area contributed by atoms with Gasteiger partial charge in [0.05, 0.1) is 12.8 Å². The first kappa shape index (κ1) is 15.2. The van der Waals surface area contributed by atoms with Crippen molar-refractivity contribution in [1.82, 2.24) is 9.38 Å². The van der Waals surface area contributed by atoms with E-state index in [-0.39, 0.29) is 5.92 Å². The number of azo groups is 1. The lowest BCUT2D eigenvalue weighted by molar-refractivity contribution is 0.416. The Morgan fingerprint density at radius 3 is 2.61 bits per heavy atom. The van der Waals surface area contributed by atoms with Crippen molar-refractivity contribution in [3.8, 4) is 5.75 Å². The van der Waals surface area contributed by atoms with Crippen molar-refractivity contribution < 1.29 is 4.74 Å². The monoisotopic (exact) mass is 308 g/mol. The van der Waals surface area contributed by atoms with E-state index in [9.17, 15) is 0 Å². The predicted octanol–water partition coefficient (Wildman–Crippen LogP) is 5.19. The molecule has 0 aliphatic heterocycles. The lowest BCUT2D eigenvalue weighted by atomic mass is 10.1. The van der Waals surface area contributed by atoms with E-state index in [1.54, 1.807) is 7.11 Å². The molecular weight excluding hydrogens is 288 g/mol. The van der Waals surface area contributed by atoms with Crippen molar-refractivity contribution in [3.05, 3.63) is 53.9 Å². The molecule has 0 bridgehead atoms. The number of fused-ring (bicyclic) bond motifs is 1. The third kappa shape index (κ3) is 2.95. The van der Waals surface area contributed by atoms with Gasteiger partial charge in [-0.05, 0) is 36.6 Å². The van der Waals surface area contributed by atoms with Gasteiger partial charge in [0, 0.05) is 6.20 Å². The number of imidazole rings is 1. The molecule has 2 heterocycles. The first-order valence-electron chi connectivity index (χ1n) is 7.63. The number of hydrogen-bond acceptors (Lipinski definition) is 4. The van der Waals surface area contributed by atoms with Gasteiger partial charge in [-0.25, -0.2) is 4.98 Å². The van der Waals surface area contributed by atoms with Crippen LogP contribution in [0, 0.1) is 6.92 Å². The van der Waals surface area contributed by atoms with Crippen LogP contribution in [-0.2, 0) is 0 Å². The zero-order chi connectivity index (χ0) is 16.4. The molecule has 0 fully saturated rings. The van der Waals surface area contributed by atoms with E-state index in [1.165, 1.54) is 0 Å². The molecule has 5 heteroatoms. The summed E-state index contributed by atoms with van der Waals surface area (Å²) < 4.78 is 7.31. The smallest absolute Gasteiger partial charge is 0.183 e. The van der Waals surface area contributed by atoms with Crippen LogP contribution in [0.3, 0.4) is 0 Å². The van der Waals surface area contributed by atoms with E-state index in [1.807, 2.05) is 47.0 Å². The Bertz CT molecular complexity index is 865. The molecule has 0 atom stereocenters. The number of methoxy groups -OCH3 is 1. The maximum atomic E-state index is 5.32. The number of para-hydroxylation sites is 1. The molecule has 5 nitrogen and oxygen atoms in total. The average molecular weight is 308 g/mol. The third-order valence-corrected chi connectivity index (χ3v) is 3.65. The normalized spacial score (nSPS) is 11.7. The van der Waals surface area contributed by atoms with Gasteiger partial charge in [-0.3, -0.25) is 4.40 Å². The predicted molar refractivity (Wildman–Crippen MR) is 91.2 cm³/mol. The fourth-order valence-electron chi connectivity index (χ4n) is 2.46. The lowest BCUT2D eigenvalue weighted by Crippen LogP contribution is -1.88. The molecule has 0 saturated carbocycles. The highest BCUT2D eigenvalue weighted by Gasteiger charge is 2.15. The summed E-state index contributed by atoms with van der Waals surface area (Å²) in [7, 11) is 1.63. The molecule has 2 aromatic heterocycles. The van der Waals surface area contributed by atoms with Crippen LogP contribution in [0.2, 0.25) is 0 Å². The molecule has 0 saturated heterocycles. The van der Waals surface area contributed by atoms with Crippen LogP contribution in [0.15, 0.2) is 52.8 Å². The Balaban J connectivity index is 2.13. The van der Waals surface area contributed by atoms with Crippen LogP contribution in [0.5, 0.6) is 5.75 Å². The zero-order valence-corrected chi connectivity index (χ0v) is 13.8. The molecule has 0 spiro atoms. The first-order valence-corrected chi connectivity index (χ1v) is 7.63. The van der Waals surface area contributed by atoms with Gasteiger partial charge in [-0.15, -0.1) is 10.2 Å². The Morgan fingerprint density at radius 1 is 1.09 bits per heavy atom. The van der Waals surface area contributed by atoms with Crippen molar-refractivity contribution in [2.75, 3.05) is 7.11 Å². The molecule has 0 aliphatic carbocycles. The van der Waals surface area contributed by atoms with Crippen molar-refractivity contribution in [2.24, 2.45) is 10.2 Å². The highest BCUT2D eigenvalue weighted by molar-refractivity contribution is 5.55. The van der Waals surface area contributed by atoms with Gasteiger partial charge in [-0.1, -0.05) is 32.0 Å². The summed E-state index contributed by atoms with van der Waals surface area (Å²) in [6, 6.07) is 11.6. The molecule has 23 heavy (non-hydrogen) atoms. The van der Waals surface area contributed by atoms with Gasteiger partial charge in [0.1, 0.15) is 17.1 Å². The number of hydrogen-bond donors (Lipinski definition) is 0. The van der Waals surface area contributed by atoms with E-state index >= 15 is 0 Å². The second-order valence-electron chi connectivity index (χ2n) is 5.78. The molecule has 0 N–H and O–H groups in total. The fourth-order valence-corrected chi connectivity index (χ4v) is 2.46. The molecule has 1 aromatic carbocycles.